The highest BCUT2D eigenvalue weighted by Gasteiger charge is 2.17. The number of imidazole rings is 1. The molecule has 0 spiro atoms. The van der Waals surface area contributed by atoms with Crippen LogP contribution in [-0.2, 0) is 5.41 Å². The van der Waals surface area contributed by atoms with E-state index in [9.17, 15) is 0 Å². The second kappa shape index (κ2) is 4.52. The fraction of sp³-hybridized carbons (Fsp3) is 0.500. The standard InChI is InChI=1S/C14H21N4/c1-11(2)17-6-7-18(10-17)12-8-15-13(16-9-12)14(3,4)5/h6-11H,1-5H3/q+1. The lowest BCUT2D eigenvalue weighted by Crippen LogP contribution is -2.33. The predicted octanol–water partition coefficient (Wildman–Crippen LogP) is 2.43. The monoisotopic (exact) mass is 245 g/mol. The number of hydrogen-bond acceptors (Lipinski definition) is 2. The normalized spacial score (nSPS) is 12.1. The van der Waals surface area contributed by atoms with Gasteiger partial charge in [-0.1, -0.05) is 20.8 Å². The molecular formula is C14H21N4+. The molecule has 4 nitrogen and oxygen atoms in total. The maximum Gasteiger partial charge on any atom is 0.249 e. The van der Waals surface area contributed by atoms with Gasteiger partial charge in [0.1, 0.15) is 18.2 Å². The molecule has 4 heteroatoms. The van der Waals surface area contributed by atoms with Gasteiger partial charge >= 0.3 is 0 Å². The van der Waals surface area contributed by atoms with Crippen molar-refractivity contribution < 1.29 is 4.57 Å². The van der Waals surface area contributed by atoms with Crippen molar-refractivity contribution in [3.8, 4) is 5.69 Å². The molecule has 0 atom stereocenters. The topological polar surface area (TPSA) is 34.6 Å². The third kappa shape index (κ3) is 2.58. The van der Waals surface area contributed by atoms with Crippen LogP contribution in [0.5, 0.6) is 0 Å². The van der Waals surface area contributed by atoms with Gasteiger partial charge in [0, 0.05) is 5.41 Å². The molecule has 0 aromatic carbocycles. The van der Waals surface area contributed by atoms with Crippen LogP contribution in [0.1, 0.15) is 46.5 Å². The van der Waals surface area contributed by atoms with E-state index in [1.54, 1.807) is 0 Å². The van der Waals surface area contributed by atoms with Gasteiger partial charge in [-0.15, -0.1) is 0 Å². The Morgan fingerprint density at radius 1 is 1.17 bits per heavy atom. The molecule has 0 saturated heterocycles. The Balaban J connectivity index is 2.29. The summed E-state index contributed by atoms with van der Waals surface area (Å²) in [5.74, 6) is 0.871. The molecule has 2 heterocycles. The highest BCUT2D eigenvalue weighted by Crippen LogP contribution is 2.17. The van der Waals surface area contributed by atoms with Gasteiger partial charge in [0.25, 0.3) is 0 Å². The van der Waals surface area contributed by atoms with Crippen molar-refractivity contribution in [2.24, 2.45) is 0 Å². The first-order valence-corrected chi connectivity index (χ1v) is 6.29. The largest absolute Gasteiger partial charge is 0.249 e. The van der Waals surface area contributed by atoms with Crippen molar-refractivity contribution >= 4 is 0 Å². The summed E-state index contributed by atoms with van der Waals surface area (Å²) >= 11 is 0. The fourth-order valence-electron chi connectivity index (χ4n) is 1.67. The molecule has 0 unspecified atom stereocenters. The SMILES string of the molecule is CC(C)[n+]1ccn(-c2cnc(C(C)(C)C)nc2)c1. The van der Waals surface area contributed by atoms with Crippen LogP contribution < -0.4 is 4.57 Å². The molecule has 0 aliphatic heterocycles. The van der Waals surface area contributed by atoms with E-state index < -0.39 is 0 Å². The summed E-state index contributed by atoms with van der Waals surface area (Å²) in [5.41, 5.74) is 0.981. The Morgan fingerprint density at radius 2 is 1.78 bits per heavy atom. The fourth-order valence-corrected chi connectivity index (χ4v) is 1.67. The Labute approximate surface area is 108 Å². The zero-order valence-corrected chi connectivity index (χ0v) is 11.8. The first kappa shape index (κ1) is 12.7. The van der Waals surface area contributed by atoms with Crippen molar-refractivity contribution in [3.05, 3.63) is 36.9 Å². The lowest BCUT2D eigenvalue weighted by Gasteiger charge is -2.15. The van der Waals surface area contributed by atoms with Gasteiger partial charge in [0.2, 0.25) is 6.33 Å². The second-order valence-electron chi connectivity index (χ2n) is 5.88. The second-order valence-corrected chi connectivity index (χ2v) is 5.88. The van der Waals surface area contributed by atoms with Crippen LogP contribution >= 0.6 is 0 Å². The number of nitrogens with zero attached hydrogens (tertiary/aromatic N) is 4. The summed E-state index contributed by atoms with van der Waals surface area (Å²) in [7, 11) is 0. The Kier molecular flexibility index (Phi) is 3.20. The number of hydrogen-bond donors (Lipinski definition) is 0. The van der Waals surface area contributed by atoms with Crippen LogP contribution in [0, 0.1) is 0 Å². The van der Waals surface area contributed by atoms with E-state index in [1.165, 1.54) is 0 Å². The predicted molar refractivity (Wildman–Crippen MR) is 70.6 cm³/mol. The molecule has 0 radical (unpaired) electrons. The molecule has 0 aliphatic carbocycles. The van der Waals surface area contributed by atoms with Crippen molar-refractivity contribution in [3.63, 3.8) is 0 Å². The molecular weight excluding hydrogens is 224 g/mol. The van der Waals surface area contributed by atoms with Crippen LogP contribution in [0.15, 0.2) is 31.1 Å². The van der Waals surface area contributed by atoms with E-state index in [1.807, 2.05) is 23.2 Å². The number of aromatic nitrogens is 4. The minimum absolute atomic E-state index is 0.00688. The highest BCUT2D eigenvalue weighted by atomic mass is 15.1. The average Bonchev–Trinajstić information content (AvgIpc) is 2.77. The van der Waals surface area contributed by atoms with E-state index in [4.69, 9.17) is 0 Å². The molecule has 18 heavy (non-hydrogen) atoms. The van der Waals surface area contributed by atoms with Gasteiger partial charge in [-0.05, 0) is 13.8 Å². The van der Waals surface area contributed by atoms with Gasteiger partial charge in [0.05, 0.1) is 18.4 Å². The van der Waals surface area contributed by atoms with E-state index in [0.29, 0.717) is 6.04 Å². The van der Waals surface area contributed by atoms with Crippen molar-refractivity contribution in [2.45, 2.75) is 46.1 Å². The van der Waals surface area contributed by atoms with Crippen molar-refractivity contribution in [1.29, 1.82) is 0 Å². The summed E-state index contributed by atoms with van der Waals surface area (Å²) in [6.07, 6.45) is 9.88. The van der Waals surface area contributed by atoms with E-state index in [0.717, 1.165) is 11.5 Å². The summed E-state index contributed by atoms with van der Waals surface area (Å²) < 4.78 is 4.18. The summed E-state index contributed by atoms with van der Waals surface area (Å²) in [4.78, 5) is 8.88. The third-order valence-corrected chi connectivity index (χ3v) is 2.86. The molecule has 2 aromatic rings. The molecule has 2 aromatic heterocycles. The maximum absolute atomic E-state index is 4.44. The van der Waals surface area contributed by atoms with Crippen molar-refractivity contribution in [1.82, 2.24) is 14.5 Å². The van der Waals surface area contributed by atoms with Gasteiger partial charge in [-0.2, -0.15) is 4.57 Å². The lowest BCUT2D eigenvalue weighted by atomic mass is 9.96. The van der Waals surface area contributed by atoms with E-state index >= 15 is 0 Å². The molecule has 0 saturated carbocycles. The van der Waals surface area contributed by atoms with Crippen LogP contribution in [0.25, 0.3) is 5.69 Å². The third-order valence-electron chi connectivity index (χ3n) is 2.86. The Bertz CT molecular complexity index is 517. The van der Waals surface area contributed by atoms with E-state index in [2.05, 4.69) is 61.7 Å². The quantitative estimate of drug-likeness (QED) is 0.762. The van der Waals surface area contributed by atoms with Gasteiger partial charge in [-0.3, -0.25) is 0 Å². The Hall–Kier alpha value is -1.71. The van der Waals surface area contributed by atoms with Crippen molar-refractivity contribution in [2.75, 3.05) is 0 Å². The smallest absolute Gasteiger partial charge is 0.236 e. The van der Waals surface area contributed by atoms with Gasteiger partial charge in [-0.25, -0.2) is 14.5 Å². The summed E-state index contributed by atoms with van der Waals surface area (Å²) in [5, 5.41) is 0. The lowest BCUT2D eigenvalue weighted by molar-refractivity contribution is -0.715. The van der Waals surface area contributed by atoms with Gasteiger partial charge in [0.15, 0.2) is 5.69 Å². The first-order chi connectivity index (χ1) is 8.38. The molecule has 0 fully saturated rings. The van der Waals surface area contributed by atoms with Crippen LogP contribution in [0.4, 0.5) is 0 Å². The zero-order chi connectivity index (χ0) is 13.3. The first-order valence-electron chi connectivity index (χ1n) is 6.29. The van der Waals surface area contributed by atoms with Crippen LogP contribution in [0.2, 0.25) is 0 Å². The molecule has 0 aliphatic rings. The maximum atomic E-state index is 4.44. The van der Waals surface area contributed by atoms with E-state index in [-0.39, 0.29) is 5.41 Å². The minimum Gasteiger partial charge on any atom is -0.236 e. The molecule has 96 valence electrons. The molecule has 0 N–H and O–H groups in total. The molecule has 2 rings (SSSR count). The molecule has 0 bridgehead atoms. The number of rotatable bonds is 2. The molecule has 0 amide bonds. The highest BCUT2D eigenvalue weighted by molar-refractivity contribution is 5.25. The van der Waals surface area contributed by atoms with Crippen LogP contribution in [-0.4, -0.2) is 14.5 Å². The Morgan fingerprint density at radius 3 is 2.22 bits per heavy atom. The van der Waals surface area contributed by atoms with Crippen LogP contribution in [0.3, 0.4) is 0 Å². The minimum atomic E-state index is -0.00688. The zero-order valence-electron chi connectivity index (χ0n) is 11.8. The summed E-state index contributed by atoms with van der Waals surface area (Å²) in [6.45, 7) is 10.7. The average molecular weight is 245 g/mol. The summed E-state index contributed by atoms with van der Waals surface area (Å²) in [6, 6.07) is 0.459. The van der Waals surface area contributed by atoms with Gasteiger partial charge < -0.3 is 0 Å².